The molecule has 2 N–H and O–H groups in total. The minimum Gasteiger partial charge on any atom is -0.466 e. The van der Waals surface area contributed by atoms with Gasteiger partial charge in [0, 0.05) is 10.0 Å². The quantitative estimate of drug-likeness (QED) is 0.506. The van der Waals surface area contributed by atoms with Crippen LogP contribution in [0.5, 0.6) is 0 Å². The Morgan fingerprint density at radius 2 is 2.00 bits per heavy atom. The number of hydrogen-bond donors (Lipinski definition) is 1. The van der Waals surface area contributed by atoms with E-state index in [0.29, 0.717) is 6.61 Å². The summed E-state index contributed by atoms with van der Waals surface area (Å²) in [7, 11) is 0. The number of nitrogens with two attached hydrogens (primary N) is 1. The van der Waals surface area contributed by atoms with E-state index in [1.165, 1.54) is 12.8 Å². The Morgan fingerprint density at radius 1 is 1.27 bits per heavy atom. The molecule has 0 saturated heterocycles. The molecule has 4 heteroatoms. The molecule has 0 aliphatic rings. The van der Waals surface area contributed by atoms with Gasteiger partial charge in [-0.1, -0.05) is 55.1 Å². The number of benzene rings is 1. The van der Waals surface area contributed by atoms with E-state index in [1.54, 1.807) is 0 Å². The molecule has 0 spiro atoms. The van der Waals surface area contributed by atoms with Crippen LogP contribution in [0.25, 0.3) is 0 Å². The molecular formula is C18H28BrNO2. The van der Waals surface area contributed by atoms with E-state index in [2.05, 4.69) is 29.8 Å². The molecule has 0 radical (unpaired) electrons. The van der Waals surface area contributed by atoms with Crippen molar-refractivity contribution in [3.8, 4) is 0 Å². The van der Waals surface area contributed by atoms with Gasteiger partial charge in [0.15, 0.2) is 0 Å². The lowest BCUT2D eigenvalue weighted by molar-refractivity contribution is -0.142. The third-order valence-electron chi connectivity index (χ3n) is 4.10. The highest BCUT2D eigenvalue weighted by Crippen LogP contribution is 2.32. The first-order valence-corrected chi connectivity index (χ1v) is 8.99. The van der Waals surface area contributed by atoms with Gasteiger partial charge < -0.3 is 10.5 Å². The van der Waals surface area contributed by atoms with Crippen molar-refractivity contribution < 1.29 is 9.53 Å². The van der Waals surface area contributed by atoms with Crippen molar-refractivity contribution in [1.82, 2.24) is 0 Å². The lowest BCUT2D eigenvalue weighted by Crippen LogP contribution is -2.37. The summed E-state index contributed by atoms with van der Waals surface area (Å²) in [5.41, 5.74) is 8.35. The van der Waals surface area contributed by atoms with Gasteiger partial charge >= 0.3 is 5.97 Å². The minimum atomic E-state index is -0.377. The van der Waals surface area contributed by atoms with Gasteiger partial charge in [0.25, 0.3) is 0 Å². The highest BCUT2D eigenvalue weighted by molar-refractivity contribution is 9.10. The second-order valence-electron chi connectivity index (χ2n) is 5.75. The number of hydrogen-bond acceptors (Lipinski definition) is 3. The van der Waals surface area contributed by atoms with Gasteiger partial charge in [-0.15, -0.1) is 0 Å². The van der Waals surface area contributed by atoms with Crippen molar-refractivity contribution >= 4 is 21.9 Å². The van der Waals surface area contributed by atoms with Crippen LogP contribution in [0, 0.1) is 0 Å². The second-order valence-corrected chi connectivity index (χ2v) is 6.67. The Kier molecular flexibility index (Phi) is 8.12. The Hall–Kier alpha value is -0.870. The fourth-order valence-corrected chi connectivity index (χ4v) is 3.16. The molecule has 0 fully saturated rings. The van der Waals surface area contributed by atoms with Crippen LogP contribution in [0.1, 0.15) is 64.0 Å². The Balaban J connectivity index is 3.06. The Morgan fingerprint density at radius 3 is 2.59 bits per heavy atom. The maximum Gasteiger partial charge on any atom is 0.310 e. The third kappa shape index (κ3) is 5.40. The molecule has 0 amide bonds. The molecule has 1 rings (SSSR count). The number of carbonyl (C=O) groups is 1. The Labute approximate surface area is 142 Å². The van der Waals surface area contributed by atoms with Crippen LogP contribution in [0.2, 0.25) is 0 Å². The lowest BCUT2D eigenvalue weighted by atomic mass is 9.80. The normalized spacial score (nSPS) is 13.7. The number of ether oxygens (including phenoxy) is 1. The van der Waals surface area contributed by atoms with Gasteiger partial charge in [0.1, 0.15) is 0 Å². The van der Waals surface area contributed by atoms with Crippen molar-refractivity contribution in [2.75, 3.05) is 6.61 Å². The molecule has 0 aromatic heterocycles. The largest absolute Gasteiger partial charge is 0.466 e. The molecule has 1 aromatic carbocycles. The van der Waals surface area contributed by atoms with Gasteiger partial charge in [-0.25, -0.2) is 0 Å². The second kappa shape index (κ2) is 9.31. The van der Waals surface area contributed by atoms with Crippen molar-refractivity contribution in [1.29, 1.82) is 0 Å². The summed E-state index contributed by atoms with van der Waals surface area (Å²) in [5.74, 6) is -0.200. The average Bonchev–Trinajstić information content (AvgIpc) is 2.47. The van der Waals surface area contributed by atoms with Crippen molar-refractivity contribution in [2.24, 2.45) is 5.73 Å². The zero-order valence-corrected chi connectivity index (χ0v) is 15.5. The molecule has 0 bridgehead atoms. The summed E-state index contributed by atoms with van der Waals surface area (Å²) >= 11 is 3.48. The van der Waals surface area contributed by atoms with Crippen LogP contribution in [0.3, 0.4) is 0 Å². The molecule has 0 heterocycles. The van der Waals surface area contributed by atoms with E-state index in [4.69, 9.17) is 10.5 Å². The summed E-state index contributed by atoms with van der Waals surface area (Å²) in [6.07, 6.45) is 5.53. The maximum atomic E-state index is 11.9. The van der Waals surface area contributed by atoms with Crippen LogP contribution in [-0.2, 0) is 21.5 Å². The molecule has 1 atom stereocenters. The van der Waals surface area contributed by atoms with Crippen LogP contribution in [-0.4, -0.2) is 12.6 Å². The minimum absolute atomic E-state index is 0.200. The molecule has 0 aliphatic carbocycles. The Bertz CT molecular complexity index is 490. The molecule has 0 saturated carbocycles. The fourth-order valence-electron chi connectivity index (χ4n) is 2.75. The average molecular weight is 370 g/mol. The molecule has 1 aromatic rings. The molecule has 124 valence electrons. The summed E-state index contributed by atoms with van der Waals surface area (Å²) in [6, 6.07) is 6.04. The zero-order valence-electron chi connectivity index (χ0n) is 14.0. The van der Waals surface area contributed by atoms with Crippen LogP contribution in [0.4, 0.5) is 0 Å². The summed E-state index contributed by atoms with van der Waals surface area (Å²) < 4.78 is 6.05. The smallest absolute Gasteiger partial charge is 0.310 e. The predicted octanol–water partition coefficient (Wildman–Crippen LogP) is 4.70. The third-order valence-corrected chi connectivity index (χ3v) is 4.59. The molecular weight excluding hydrogens is 342 g/mol. The lowest BCUT2D eigenvalue weighted by Gasteiger charge is -2.31. The predicted molar refractivity (Wildman–Crippen MR) is 94.8 cm³/mol. The maximum absolute atomic E-state index is 11.9. The highest BCUT2D eigenvalue weighted by atomic mass is 79.9. The van der Waals surface area contributed by atoms with E-state index in [1.807, 2.05) is 25.1 Å². The molecule has 1 unspecified atom stereocenters. The van der Waals surface area contributed by atoms with Crippen LogP contribution < -0.4 is 5.73 Å². The van der Waals surface area contributed by atoms with Gasteiger partial charge in [-0.3, -0.25) is 4.79 Å². The zero-order chi connectivity index (χ0) is 16.6. The monoisotopic (exact) mass is 369 g/mol. The van der Waals surface area contributed by atoms with Gasteiger partial charge in [-0.2, -0.15) is 0 Å². The number of unbranched alkanes of at least 4 members (excludes halogenated alkanes) is 2. The summed E-state index contributed by atoms with van der Waals surface area (Å²) in [5, 5.41) is 0. The number of rotatable bonds is 9. The first-order valence-electron chi connectivity index (χ1n) is 8.20. The van der Waals surface area contributed by atoms with E-state index in [9.17, 15) is 4.79 Å². The van der Waals surface area contributed by atoms with Crippen molar-refractivity contribution in [2.45, 2.75) is 64.8 Å². The summed E-state index contributed by atoms with van der Waals surface area (Å²) in [4.78, 5) is 11.9. The van der Waals surface area contributed by atoms with Gasteiger partial charge in [0.2, 0.25) is 0 Å². The number of halogens is 1. The SMILES string of the molecule is CCCCCC(N)(CC)c1ccc(Br)cc1CC(=O)OCC. The van der Waals surface area contributed by atoms with Crippen molar-refractivity contribution in [3.05, 3.63) is 33.8 Å². The number of esters is 1. The van der Waals surface area contributed by atoms with Crippen molar-refractivity contribution in [3.63, 3.8) is 0 Å². The molecule has 22 heavy (non-hydrogen) atoms. The first kappa shape index (κ1) is 19.2. The van der Waals surface area contributed by atoms with Gasteiger partial charge in [0.05, 0.1) is 13.0 Å². The molecule has 0 aliphatic heterocycles. The standard InChI is InChI=1S/C18H28BrNO2/c1-4-7-8-11-18(20,5-2)16-10-9-15(19)12-14(16)13-17(21)22-6-3/h9-10,12H,4-8,11,13,20H2,1-3H3. The highest BCUT2D eigenvalue weighted by Gasteiger charge is 2.28. The van der Waals surface area contributed by atoms with Crippen LogP contribution >= 0.6 is 15.9 Å². The van der Waals surface area contributed by atoms with E-state index in [-0.39, 0.29) is 17.9 Å². The van der Waals surface area contributed by atoms with E-state index < -0.39 is 0 Å². The first-order chi connectivity index (χ1) is 10.5. The van der Waals surface area contributed by atoms with E-state index in [0.717, 1.165) is 34.9 Å². The fraction of sp³-hybridized carbons (Fsp3) is 0.611. The molecule has 3 nitrogen and oxygen atoms in total. The topological polar surface area (TPSA) is 52.3 Å². The van der Waals surface area contributed by atoms with Crippen LogP contribution in [0.15, 0.2) is 22.7 Å². The number of carbonyl (C=O) groups excluding carboxylic acids is 1. The van der Waals surface area contributed by atoms with E-state index >= 15 is 0 Å². The summed E-state index contributed by atoms with van der Waals surface area (Å²) in [6.45, 7) is 6.53. The van der Waals surface area contributed by atoms with Gasteiger partial charge in [-0.05, 0) is 43.0 Å².